The fourth-order valence-electron chi connectivity index (χ4n) is 1.74. The van der Waals surface area contributed by atoms with E-state index in [4.69, 9.17) is 25.5 Å². The van der Waals surface area contributed by atoms with Crippen molar-refractivity contribution in [3.05, 3.63) is 52.9 Å². The number of hydrogen-bond acceptors (Lipinski definition) is 4. The lowest BCUT2D eigenvalue weighted by atomic mass is 10.0. The highest BCUT2D eigenvalue weighted by Crippen LogP contribution is 2.33. The van der Waals surface area contributed by atoms with Crippen LogP contribution in [-0.2, 0) is 4.74 Å². The maximum Gasteiger partial charge on any atom is 0.199 e. The fourth-order valence-corrected chi connectivity index (χ4v) is 1.96. The molecule has 0 aliphatic rings. The number of aliphatic hydroxyl groups excluding tert-OH is 1. The summed E-state index contributed by atoms with van der Waals surface area (Å²) in [5, 5.41) is 10.5. The largest absolute Gasteiger partial charge is 0.491 e. The van der Waals surface area contributed by atoms with Crippen molar-refractivity contribution in [1.82, 2.24) is 0 Å². The van der Waals surface area contributed by atoms with Crippen molar-refractivity contribution in [2.75, 3.05) is 20.3 Å². The smallest absolute Gasteiger partial charge is 0.199 e. The van der Waals surface area contributed by atoms with Gasteiger partial charge in [-0.1, -0.05) is 18.2 Å². The normalized spacial score (nSPS) is 12.4. The number of aliphatic hydroxyl groups is 1. The summed E-state index contributed by atoms with van der Waals surface area (Å²) >= 11 is 5.88. The Morgan fingerprint density at radius 1 is 1.21 bits per heavy atom. The zero-order valence-electron chi connectivity index (χ0n) is 10.5. The van der Waals surface area contributed by atoms with E-state index in [0.29, 0.717) is 30.1 Å². The van der Waals surface area contributed by atoms with Crippen molar-refractivity contribution in [1.29, 1.82) is 0 Å². The summed E-state index contributed by atoms with van der Waals surface area (Å²) in [6.45, 7) is 0.899. The van der Waals surface area contributed by atoms with Crippen molar-refractivity contribution >= 4 is 11.6 Å². The number of rotatable bonds is 6. The van der Waals surface area contributed by atoms with Gasteiger partial charge in [-0.15, -0.1) is 0 Å². The Bertz CT molecular complexity index is 524. The topological polar surface area (TPSA) is 51.8 Å². The van der Waals surface area contributed by atoms with Crippen LogP contribution >= 0.6 is 11.6 Å². The molecule has 0 aliphatic heterocycles. The molecule has 1 aromatic heterocycles. The molecule has 1 aromatic carbocycles. The van der Waals surface area contributed by atoms with Crippen LogP contribution in [0, 0.1) is 0 Å². The molecule has 102 valence electrons. The number of para-hydroxylation sites is 1. The third kappa shape index (κ3) is 3.29. The summed E-state index contributed by atoms with van der Waals surface area (Å²) in [6.07, 6.45) is 0.555. The second-order valence-electron chi connectivity index (χ2n) is 3.93. The van der Waals surface area contributed by atoms with Gasteiger partial charge in [0.2, 0.25) is 0 Å². The molecule has 0 saturated carbocycles. The van der Waals surface area contributed by atoms with Gasteiger partial charge >= 0.3 is 0 Å². The lowest BCUT2D eigenvalue weighted by Gasteiger charge is -2.15. The third-order valence-corrected chi connectivity index (χ3v) is 3.01. The predicted octanol–water partition coefficient (Wildman–Crippen LogP) is 3.04. The molecular formula is C14H15ClO4. The Morgan fingerprint density at radius 3 is 2.68 bits per heavy atom. The molecule has 0 amide bonds. The summed E-state index contributed by atoms with van der Waals surface area (Å²) in [6, 6.07) is 8.89. The zero-order chi connectivity index (χ0) is 13.7. The van der Waals surface area contributed by atoms with Gasteiger partial charge < -0.3 is 19.0 Å². The van der Waals surface area contributed by atoms with Gasteiger partial charge in [0, 0.05) is 18.2 Å². The van der Waals surface area contributed by atoms with Crippen molar-refractivity contribution in [3.63, 3.8) is 0 Å². The highest BCUT2D eigenvalue weighted by molar-refractivity contribution is 6.29. The van der Waals surface area contributed by atoms with E-state index >= 15 is 0 Å². The van der Waals surface area contributed by atoms with Gasteiger partial charge in [-0.05, 0) is 23.7 Å². The molecule has 1 N–H and O–H groups in total. The fraction of sp³-hybridized carbons (Fsp3) is 0.286. The maximum atomic E-state index is 10.3. The molecule has 4 nitrogen and oxygen atoms in total. The van der Waals surface area contributed by atoms with Gasteiger partial charge in [-0.2, -0.15) is 0 Å². The average molecular weight is 283 g/mol. The van der Waals surface area contributed by atoms with Gasteiger partial charge in [0.15, 0.2) is 5.22 Å². The van der Waals surface area contributed by atoms with Crippen molar-refractivity contribution in [2.45, 2.75) is 6.10 Å². The van der Waals surface area contributed by atoms with Crippen molar-refractivity contribution in [3.8, 4) is 5.75 Å². The minimum atomic E-state index is -0.884. The molecule has 0 bridgehead atoms. The highest BCUT2D eigenvalue weighted by atomic mass is 35.5. The number of methoxy groups -OCH3 is 1. The van der Waals surface area contributed by atoms with Gasteiger partial charge in [0.05, 0.1) is 12.9 Å². The summed E-state index contributed by atoms with van der Waals surface area (Å²) < 4.78 is 15.5. The Kier molecular flexibility index (Phi) is 4.85. The van der Waals surface area contributed by atoms with Gasteiger partial charge in [0.25, 0.3) is 0 Å². The Morgan fingerprint density at radius 2 is 2.00 bits per heavy atom. The lowest BCUT2D eigenvalue weighted by Crippen LogP contribution is -2.08. The van der Waals surface area contributed by atoms with E-state index < -0.39 is 6.10 Å². The number of benzene rings is 1. The van der Waals surface area contributed by atoms with Crippen LogP contribution < -0.4 is 4.74 Å². The SMILES string of the molecule is COCCOc1ccccc1C(O)c1ccoc1Cl. The standard InChI is InChI=1S/C14H15ClO4/c1-17-8-9-18-12-5-3-2-4-10(12)13(16)11-6-7-19-14(11)15/h2-7,13,16H,8-9H2,1H3. The Labute approximate surface area is 116 Å². The number of ether oxygens (including phenoxy) is 2. The minimum Gasteiger partial charge on any atom is -0.491 e. The van der Waals surface area contributed by atoms with Crippen molar-refractivity contribution in [2.24, 2.45) is 0 Å². The number of furan rings is 1. The van der Waals surface area contributed by atoms with E-state index in [2.05, 4.69) is 0 Å². The average Bonchev–Trinajstić information content (AvgIpc) is 2.85. The molecule has 1 unspecified atom stereocenters. The first-order valence-corrected chi connectivity index (χ1v) is 6.23. The van der Waals surface area contributed by atoms with Crippen LogP contribution in [0.5, 0.6) is 5.75 Å². The summed E-state index contributed by atoms with van der Waals surface area (Å²) in [7, 11) is 1.61. The van der Waals surface area contributed by atoms with E-state index in [1.165, 1.54) is 6.26 Å². The molecule has 0 fully saturated rings. The van der Waals surface area contributed by atoms with Crippen LogP contribution in [0.25, 0.3) is 0 Å². The quantitative estimate of drug-likeness (QED) is 0.828. The predicted molar refractivity (Wildman–Crippen MR) is 71.6 cm³/mol. The minimum absolute atomic E-state index is 0.180. The Balaban J connectivity index is 2.21. The molecule has 5 heteroatoms. The molecule has 19 heavy (non-hydrogen) atoms. The second-order valence-corrected chi connectivity index (χ2v) is 4.27. The van der Waals surface area contributed by atoms with Crippen molar-refractivity contribution < 1.29 is 19.0 Å². The van der Waals surface area contributed by atoms with E-state index in [-0.39, 0.29) is 5.22 Å². The first-order valence-electron chi connectivity index (χ1n) is 5.85. The molecule has 0 spiro atoms. The number of halogens is 1. The Hall–Kier alpha value is -1.49. The lowest BCUT2D eigenvalue weighted by molar-refractivity contribution is 0.142. The molecular weight excluding hydrogens is 268 g/mol. The van der Waals surface area contributed by atoms with Crippen LogP contribution in [0.2, 0.25) is 5.22 Å². The van der Waals surface area contributed by atoms with E-state index in [1.807, 2.05) is 12.1 Å². The van der Waals surface area contributed by atoms with Gasteiger partial charge in [-0.25, -0.2) is 0 Å². The van der Waals surface area contributed by atoms with Crippen LogP contribution in [-0.4, -0.2) is 25.4 Å². The molecule has 1 heterocycles. The molecule has 0 saturated heterocycles. The molecule has 2 aromatic rings. The number of hydrogen-bond donors (Lipinski definition) is 1. The third-order valence-electron chi connectivity index (χ3n) is 2.70. The van der Waals surface area contributed by atoms with Gasteiger partial charge in [0.1, 0.15) is 18.5 Å². The van der Waals surface area contributed by atoms with E-state index in [1.54, 1.807) is 25.3 Å². The molecule has 1 atom stereocenters. The maximum absolute atomic E-state index is 10.3. The van der Waals surface area contributed by atoms with Crippen LogP contribution in [0.3, 0.4) is 0 Å². The van der Waals surface area contributed by atoms with Gasteiger partial charge in [-0.3, -0.25) is 0 Å². The summed E-state index contributed by atoms with van der Waals surface area (Å²) in [5.74, 6) is 0.601. The highest BCUT2D eigenvalue weighted by Gasteiger charge is 2.19. The van der Waals surface area contributed by atoms with E-state index in [0.717, 1.165) is 0 Å². The molecule has 2 rings (SSSR count). The zero-order valence-corrected chi connectivity index (χ0v) is 11.3. The first-order chi connectivity index (χ1) is 9.24. The second kappa shape index (κ2) is 6.61. The summed E-state index contributed by atoms with van der Waals surface area (Å²) in [5.41, 5.74) is 1.16. The van der Waals surface area contributed by atoms with Crippen LogP contribution in [0.1, 0.15) is 17.2 Å². The summed E-state index contributed by atoms with van der Waals surface area (Å²) in [4.78, 5) is 0. The monoisotopic (exact) mass is 282 g/mol. The first kappa shape index (κ1) is 13.9. The molecule has 0 radical (unpaired) electrons. The molecule has 0 aliphatic carbocycles. The van der Waals surface area contributed by atoms with Crippen LogP contribution in [0.4, 0.5) is 0 Å². The van der Waals surface area contributed by atoms with E-state index in [9.17, 15) is 5.11 Å². The van der Waals surface area contributed by atoms with Crippen LogP contribution in [0.15, 0.2) is 41.0 Å².